The number of aliphatic carboxylic acids is 1. The first-order valence-electron chi connectivity index (χ1n) is 8.76. The van der Waals surface area contributed by atoms with Gasteiger partial charge in [0.1, 0.15) is 0 Å². The predicted octanol–water partition coefficient (Wildman–Crippen LogP) is 3.28. The number of carbonyl (C=O) groups excluding carboxylic acids is 1. The van der Waals surface area contributed by atoms with E-state index in [4.69, 9.17) is 5.11 Å². The number of carboxylic acid groups (broad SMARTS) is 1. The molecule has 1 fully saturated rings. The maximum atomic E-state index is 12.8. The van der Waals surface area contributed by atoms with Crippen molar-refractivity contribution < 1.29 is 14.7 Å². The third-order valence-corrected chi connectivity index (χ3v) is 5.17. The van der Waals surface area contributed by atoms with E-state index in [9.17, 15) is 9.59 Å². The molecule has 23 heavy (non-hydrogen) atoms. The minimum absolute atomic E-state index is 0.110. The Balaban J connectivity index is 1.66. The van der Waals surface area contributed by atoms with E-state index in [0.29, 0.717) is 18.9 Å². The molecule has 124 valence electrons. The highest BCUT2D eigenvalue weighted by Crippen LogP contribution is 2.25. The minimum Gasteiger partial charge on any atom is -0.481 e. The van der Waals surface area contributed by atoms with Crippen LogP contribution >= 0.6 is 0 Å². The topological polar surface area (TPSA) is 57.6 Å². The monoisotopic (exact) mass is 315 g/mol. The number of rotatable bonds is 4. The lowest BCUT2D eigenvalue weighted by atomic mass is 9.89. The van der Waals surface area contributed by atoms with E-state index in [1.54, 1.807) is 0 Å². The number of carbonyl (C=O) groups is 2. The van der Waals surface area contributed by atoms with Gasteiger partial charge in [-0.15, -0.1) is 0 Å². The summed E-state index contributed by atoms with van der Waals surface area (Å²) in [5.74, 6) is -0.317. The number of piperidine rings is 1. The molecule has 1 amide bonds. The smallest absolute Gasteiger partial charge is 0.303 e. The summed E-state index contributed by atoms with van der Waals surface area (Å²) in [6.07, 6.45) is 7.54. The number of hydrogen-bond donors (Lipinski definition) is 1. The molecule has 1 N–H and O–H groups in total. The number of carboxylic acids is 1. The van der Waals surface area contributed by atoms with Crippen molar-refractivity contribution >= 4 is 11.9 Å². The summed E-state index contributed by atoms with van der Waals surface area (Å²) < 4.78 is 0. The first-order chi connectivity index (χ1) is 11.1. The second-order valence-corrected chi connectivity index (χ2v) is 6.88. The van der Waals surface area contributed by atoms with E-state index in [1.165, 1.54) is 24.0 Å². The normalized spacial score (nSPS) is 20.9. The molecule has 1 aromatic rings. The molecule has 1 aromatic carbocycles. The van der Waals surface area contributed by atoms with E-state index in [1.807, 2.05) is 11.0 Å². The molecule has 1 saturated heterocycles. The van der Waals surface area contributed by atoms with Crippen molar-refractivity contribution in [3.05, 3.63) is 34.9 Å². The average molecular weight is 315 g/mol. The fourth-order valence-electron chi connectivity index (χ4n) is 3.86. The third kappa shape index (κ3) is 3.92. The first-order valence-corrected chi connectivity index (χ1v) is 8.76. The van der Waals surface area contributed by atoms with Crippen LogP contribution in [0.2, 0.25) is 0 Å². The molecular weight excluding hydrogens is 290 g/mol. The van der Waals surface area contributed by atoms with E-state index in [-0.39, 0.29) is 12.3 Å². The molecule has 1 aliphatic heterocycles. The second kappa shape index (κ2) is 7.16. The van der Waals surface area contributed by atoms with Crippen LogP contribution in [0.15, 0.2) is 18.2 Å². The lowest BCUT2D eigenvalue weighted by Crippen LogP contribution is -2.40. The van der Waals surface area contributed by atoms with Crippen LogP contribution in [0, 0.1) is 5.92 Å². The summed E-state index contributed by atoms with van der Waals surface area (Å²) >= 11 is 0. The number of aryl methyl sites for hydroxylation is 2. The van der Waals surface area contributed by atoms with Gasteiger partial charge >= 0.3 is 5.97 Å². The SMILES string of the molecule is O=C(O)CCC1CCCN(C(=O)c2ccc3c(c2)CCCC3)C1. The molecule has 3 rings (SSSR count). The van der Waals surface area contributed by atoms with E-state index in [0.717, 1.165) is 37.8 Å². The Hall–Kier alpha value is -1.84. The van der Waals surface area contributed by atoms with Crippen molar-refractivity contribution in [3.8, 4) is 0 Å². The van der Waals surface area contributed by atoms with Gasteiger partial charge in [-0.05, 0) is 74.1 Å². The van der Waals surface area contributed by atoms with Crippen molar-refractivity contribution in [1.82, 2.24) is 4.90 Å². The number of amides is 1. The van der Waals surface area contributed by atoms with Gasteiger partial charge in [-0.1, -0.05) is 6.07 Å². The van der Waals surface area contributed by atoms with Crippen LogP contribution in [0.25, 0.3) is 0 Å². The molecule has 2 aliphatic rings. The van der Waals surface area contributed by atoms with Crippen molar-refractivity contribution in [1.29, 1.82) is 0 Å². The number of likely N-dealkylation sites (tertiary alicyclic amines) is 1. The van der Waals surface area contributed by atoms with Gasteiger partial charge in [0.05, 0.1) is 0 Å². The van der Waals surface area contributed by atoms with Crippen LogP contribution in [0.5, 0.6) is 0 Å². The van der Waals surface area contributed by atoms with Crippen LogP contribution in [-0.4, -0.2) is 35.0 Å². The molecular formula is C19H25NO3. The van der Waals surface area contributed by atoms with Crippen molar-refractivity contribution in [2.75, 3.05) is 13.1 Å². The van der Waals surface area contributed by atoms with Gasteiger partial charge in [0, 0.05) is 25.1 Å². The average Bonchev–Trinajstić information content (AvgIpc) is 2.59. The predicted molar refractivity (Wildman–Crippen MR) is 88.6 cm³/mol. The molecule has 0 spiro atoms. The fraction of sp³-hybridized carbons (Fsp3) is 0.579. The largest absolute Gasteiger partial charge is 0.481 e. The third-order valence-electron chi connectivity index (χ3n) is 5.17. The highest BCUT2D eigenvalue weighted by atomic mass is 16.4. The zero-order valence-corrected chi connectivity index (χ0v) is 13.6. The standard InChI is InChI=1S/C19H25NO3/c21-18(22)10-7-14-4-3-11-20(13-14)19(23)17-9-8-15-5-1-2-6-16(15)12-17/h8-9,12,14H,1-7,10-11,13H2,(H,21,22). The Morgan fingerprint density at radius 3 is 2.70 bits per heavy atom. The highest BCUT2D eigenvalue weighted by Gasteiger charge is 2.25. The van der Waals surface area contributed by atoms with Crippen molar-refractivity contribution in [2.45, 2.75) is 51.4 Å². The minimum atomic E-state index is -0.747. The Morgan fingerprint density at radius 2 is 1.91 bits per heavy atom. The Morgan fingerprint density at radius 1 is 1.13 bits per heavy atom. The molecule has 4 nitrogen and oxygen atoms in total. The van der Waals surface area contributed by atoms with Gasteiger partial charge < -0.3 is 10.0 Å². The molecule has 1 aliphatic carbocycles. The van der Waals surface area contributed by atoms with Gasteiger partial charge in [0.15, 0.2) is 0 Å². The summed E-state index contributed by atoms with van der Waals surface area (Å²) in [4.78, 5) is 25.4. The summed E-state index contributed by atoms with van der Waals surface area (Å²) in [6.45, 7) is 1.49. The zero-order chi connectivity index (χ0) is 16.2. The van der Waals surface area contributed by atoms with E-state index in [2.05, 4.69) is 12.1 Å². The highest BCUT2D eigenvalue weighted by molar-refractivity contribution is 5.94. The van der Waals surface area contributed by atoms with Crippen LogP contribution in [-0.2, 0) is 17.6 Å². The molecule has 0 radical (unpaired) electrons. The Kier molecular flexibility index (Phi) is 4.99. The zero-order valence-electron chi connectivity index (χ0n) is 13.6. The van der Waals surface area contributed by atoms with E-state index >= 15 is 0 Å². The van der Waals surface area contributed by atoms with Crippen molar-refractivity contribution in [3.63, 3.8) is 0 Å². The lowest BCUT2D eigenvalue weighted by molar-refractivity contribution is -0.137. The Bertz CT molecular complexity index is 596. The Labute approximate surface area is 137 Å². The van der Waals surface area contributed by atoms with Gasteiger partial charge in [-0.3, -0.25) is 9.59 Å². The summed E-state index contributed by atoms with van der Waals surface area (Å²) in [5.41, 5.74) is 3.52. The van der Waals surface area contributed by atoms with Gasteiger partial charge in [0.25, 0.3) is 5.91 Å². The van der Waals surface area contributed by atoms with Gasteiger partial charge in [-0.25, -0.2) is 0 Å². The maximum absolute atomic E-state index is 12.8. The fourth-order valence-corrected chi connectivity index (χ4v) is 3.86. The number of benzene rings is 1. The maximum Gasteiger partial charge on any atom is 0.303 e. The molecule has 1 unspecified atom stereocenters. The van der Waals surface area contributed by atoms with Crippen molar-refractivity contribution in [2.24, 2.45) is 5.92 Å². The van der Waals surface area contributed by atoms with E-state index < -0.39 is 5.97 Å². The van der Waals surface area contributed by atoms with Crippen LogP contribution < -0.4 is 0 Å². The van der Waals surface area contributed by atoms with Crippen LogP contribution in [0.4, 0.5) is 0 Å². The number of nitrogens with zero attached hydrogens (tertiary/aromatic N) is 1. The number of hydrogen-bond acceptors (Lipinski definition) is 2. The van der Waals surface area contributed by atoms with Crippen LogP contribution in [0.3, 0.4) is 0 Å². The molecule has 0 aromatic heterocycles. The number of fused-ring (bicyclic) bond motifs is 1. The summed E-state index contributed by atoms with van der Waals surface area (Å²) in [7, 11) is 0. The van der Waals surface area contributed by atoms with Gasteiger partial charge in [0.2, 0.25) is 0 Å². The van der Waals surface area contributed by atoms with Gasteiger partial charge in [-0.2, -0.15) is 0 Å². The molecule has 1 atom stereocenters. The van der Waals surface area contributed by atoms with Crippen LogP contribution in [0.1, 0.15) is 60.0 Å². The first kappa shape index (κ1) is 16.0. The molecule has 1 heterocycles. The molecule has 0 saturated carbocycles. The second-order valence-electron chi connectivity index (χ2n) is 6.88. The summed E-state index contributed by atoms with van der Waals surface area (Å²) in [6, 6.07) is 6.17. The molecule has 0 bridgehead atoms. The molecule has 4 heteroatoms. The summed E-state index contributed by atoms with van der Waals surface area (Å²) in [5, 5.41) is 8.83. The lowest BCUT2D eigenvalue weighted by Gasteiger charge is -2.33. The quantitative estimate of drug-likeness (QED) is 0.927.